The van der Waals surface area contributed by atoms with Crippen LogP contribution in [0.25, 0.3) is 10.9 Å². The van der Waals surface area contributed by atoms with Crippen molar-refractivity contribution in [1.82, 2.24) is 15.2 Å². The summed E-state index contributed by atoms with van der Waals surface area (Å²) in [5.41, 5.74) is 2.78. The largest absolute Gasteiger partial charge is 0.351 e. The number of aromatic nitrogens is 1. The maximum atomic E-state index is 14.1. The lowest BCUT2D eigenvalue weighted by Gasteiger charge is -2.29. The Bertz CT molecular complexity index is 1400. The van der Waals surface area contributed by atoms with Crippen LogP contribution in [0.15, 0.2) is 89.8 Å². The topological polar surface area (TPSA) is 85.5 Å². The van der Waals surface area contributed by atoms with Gasteiger partial charge in [0.1, 0.15) is 18.3 Å². The molecular weight excluding hydrogens is 472 g/mol. The fraction of sp³-hybridized carbons (Fsp3) is 0.179. The maximum absolute atomic E-state index is 14.1. The van der Waals surface area contributed by atoms with Crippen molar-refractivity contribution in [3.8, 4) is 0 Å². The van der Waals surface area contributed by atoms with E-state index in [1.54, 1.807) is 20.2 Å². The summed E-state index contributed by atoms with van der Waals surface area (Å²) in [6.07, 6.45) is 0. The number of nitrogens with one attached hydrogen (secondary N) is 2. The third kappa shape index (κ3) is 4.59. The highest BCUT2D eigenvalue weighted by molar-refractivity contribution is 7.99. The molecule has 0 bridgehead atoms. The van der Waals surface area contributed by atoms with Crippen LogP contribution in [-0.4, -0.2) is 54.3 Å². The maximum Gasteiger partial charge on any atom is 0.268 e. The average molecular weight is 499 g/mol. The molecule has 0 aliphatic carbocycles. The molecular formula is C28H26N4O3S. The van der Waals surface area contributed by atoms with Crippen molar-refractivity contribution in [3.63, 3.8) is 0 Å². The molecule has 7 nitrogen and oxygen atoms in total. The molecule has 2 heterocycles. The number of carbonyl (C=O) groups is 3. The molecule has 4 aromatic rings. The number of para-hydroxylation sites is 2. The number of carbonyl (C=O) groups excluding carboxylic acids is 3. The first-order chi connectivity index (χ1) is 17.4. The van der Waals surface area contributed by atoms with E-state index in [0.29, 0.717) is 11.4 Å². The summed E-state index contributed by atoms with van der Waals surface area (Å²) in [5, 5.41) is 3.51. The van der Waals surface area contributed by atoms with Gasteiger partial charge in [0.05, 0.1) is 10.9 Å². The quantitative estimate of drug-likeness (QED) is 0.431. The summed E-state index contributed by atoms with van der Waals surface area (Å²) in [4.78, 5) is 47.2. The number of fused-ring (bicyclic) bond motifs is 2. The second-order valence-corrected chi connectivity index (χ2v) is 10.0. The van der Waals surface area contributed by atoms with Crippen LogP contribution >= 0.6 is 11.8 Å². The highest BCUT2D eigenvalue weighted by atomic mass is 32.2. The Labute approximate surface area is 213 Å². The van der Waals surface area contributed by atoms with Crippen molar-refractivity contribution in [2.24, 2.45) is 0 Å². The van der Waals surface area contributed by atoms with E-state index in [-0.39, 0.29) is 24.3 Å². The Kier molecular flexibility index (Phi) is 6.52. The Morgan fingerprint density at radius 1 is 0.972 bits per heavy atom. The lowest BCUT2D eigenvalue weighted by atomic mass is 10.0. The van der Waals surface area contributed by atoms with Gasteiger partial charge in [0.25, 0.3) is 11.8 Å². The fourth-order valence-corrected chi connectivity index (χ4v) is 5.64. The Balaban J connectivity index is 1.56. The monoisotopic (exact) mass is 498 g/mol. The zero-order chi connectivity index (χ0) is 25.2. The van der Waals surface area contributed by atoms with Gasteiger partial charge >= 0.3 is 0 Å². The molecule has 8 heteroatoms. The summed E-state index contributed by atoms with van der Waals surface area (Å²) in [7, 11) is 3.32. The molecule has 36 heavy (non-hydrogen) atoms. The van der Waals surface area contributed by atoms with Gasteiger partial charge in [-0.05, 0) is 29.8 Å². The minimum Gasteiger partial charge on any atom is -0.351 e. The van der Waals surface area contributed by atoms with Gasteiger partial charge in [-0.3, -0.25) is 14.4 Å². The molecule has 1 aromatic heterocycles. The van der Waals surface area contributed by atoms with Crippen LogP contribution in [0.3, 0.4) is 0 Å². The zero-order valence-electron chi connectivity index (χ0n) is 20.0. The van der Waals surface area contributed by atoms with Crippen LogP contribution < -0.4 is 10.2 Å². The van der Waals surface area contributed by atoms with Crippen LogP contribution in [0.4, 0.5) is 5.69 Å². The predicted molar refractivity (Wildman–Crippen MR) is 142 cm³/mol. The Morgan fingerprint density at radius 2 is 1.67 bits per heavy atom. The lowest BCUT2D eigenvalue weighted by molar-refractivity contribution is -0.129. The highest BCUT2D eigenvalue weighted by Gasteiger charge is 2.40. The molecule has 0 saturated heterocycles. The van der Waals surface area contributed by atoms with Gasteiger partial charge in [-0.2, -0.15) is 0 Å². The predicted octanol–water partition coefficient (Wildman–Crippen LogP) is 4.23. The number of aromatic amines is 1. The number of thioether (sulfide) groups is 1. The van der Waals surface area contributed by atoms with Gasteiger partial charge in [-0.15, -0.1) is 11.8 Å². The van der Waals surface area contributed by atoms with Crippen molar-refractivity contribution in [1.29, 1.82) is 0 Å². The first kappa shape index (κ1) is 23.7. The molecule has 1 aliphatic heterocycles. The van der Waals surface area contributed by atoms with Crippen molar-refractivity contribution in [2.75, 3.05) is 25.5 Å². The number of benzene rings is 3. The highest BCUT2D eigenvalue weighted by Crippen LogP contribution is 2.45. The van der Waals surface area contributed by atoms with Gasteiger partial charge in [0, 0.05) is 29.9 Å². The van der Waals surface area contributed by atoms with E-state index in [1.807, 2.05) is 78.9 Å². The average Bonchev–Trinajstić information content (AvgIpc) is 3.30. The van der Waals surface area contributed by atoms with Crippen LogP contribution in [0.5, 0.6) is 0 Å². The summed E-state index contributed by atoms with van der Waals surface area (Å²) in [6.45, 7) is -0.121. The number of rotatable bonds is 5. The van der Waals surface area contributed by atoms with Gasteiger partial charge in [-0.25, -0.2) is 0 Å². The van der Waals surface area contributed by atoms with Crippen LogP contribution in [-0.2, 0) is 9.59 Å². The molecule has 0 unspecified atom stereocenters. The van der Waals surface area contributed by atoms with Gasteiger partial charge in [-0.1, -0.05) is 60.7 Å². The van der Waals surface area contributed by atoms with E-state index in [4.69, 9.17) is 0 Å². The molecule has 1 aliphatic rings. The van der Waals surface area contributed by atoms with Crippen molar-refractivity contribution in [3.05, 3.63) is 96.2 Å². The molecule has 5 rings (SSSR count). The molecule has 0 fully saturated rings. The molecule has 182 valence electrons. The first-order valence-electron chi connectivity index (χ1n) is 11.6. The van der Waals surface area contributed by atoms with Gasteiger partial charge in [0.2, 0.25) is 5.91 Å². The number of likely N-dealkylation sites (N-methyl/N-ethyl adjacent to an activating group) is 1. The van der Waals surface area contributed by atoms with E-state index in [2.05, 4.69) is 10.3 Å². The number of anilines is 1. The summed E-state index contributed by atoms with van der Waals surface area (Å²) < 4.78 is 0. The number of H-pyrrole nitrogens is 1. The van der Waals surface area contributed by atoms with Crippen molar-refractivity contribution >= 4 is 46.1 Å². The Morgan fingerprint density at radius 3 is 2.42 bits per heavy atom. The second-order valence-electron chi connectivity index (χ2n) is 8.85. The summed E-state index contributed by atoms with van der Waals surface area (Å²) in [5.74, 6) is -0.918. The standard InChI is InChI=1S/C28H26N4O3S/c1-31(2)24(33)17-32-22-14-8-9-15-23(22)36-26(18-10-4-3-5-11-18)25(28(32)35)30-27(34)21-16-19-12-6-7-13-20(19)29-21/h3-16,25-26,29H,17H2,1-2H3,(H,30,34)/t25-,26+/m1/s1. The third-order valence-corrected chi connectivity index (χ3v) is 7.62. The number of hydrogen-bond acceptors (Lipinski definition) is 4. The van der Waals surface area contributed by atoms with E-state index in [0.717, 1.165) is 21.4 Å². The van der Waals surface area contributed by atoms with Gasteiger partial charge in [0.15, 0.2) is 0 Å². The second kappa shape index (κ2) is 9.91. The minimum atomic E-state index is -0.904. The smallest absolute Gasteiger partial charge is 0.268 e. The van der Waals surface area contributed by atoms with Crippen molar-refractivity contribution in [2.45, 2.75) is 16.2 Å². The fourth-order valence-electron chi connectivity index (χ4n) is 4.30. The first-order valence-corrected chi connectivity index (χ1v) is 12.5. The van der Waals surface area contributed by atoms with E-state index < -0.39 is 11.3 Å². The van der Waals surface area contributed by atoms with E-state index >= 15 is 0 Å². The molecule has 3 amide bonds. The number of amides is 3. The lowest BCUT2D eigenvalue weighted by Crippen LogP contribution is -2.52. The molecule has 2 atom stereocenters. The zero-order valence-corrected chi connectivity index (χ0v) is 20.8. The van der Waals surface area contributed by atoms with E-state index in [1.165, 1.54) is 21.6 Å². The van der Waals surface area contributed by atoms with Crippen LogP contribution in [0.1, 0.15) is 21.3 Å². The van der Waals surface area contributed by atoms with Crippen LogP contribution in [0, 0.1) is 0 Å². The molecule has 0 spiro atoms. The third-order valence-electron chi connectivity index (χ3n) is 6.23. The summed E-state index contributed by atoms with van der Waals surface area (Å²) in [6, 6.07) is 25.7. The molecule has 0 saturated carbocycles. The number of nitrogens with zero attached hydrogens (tertiary/aromatic N) is 2. The summed E-state index contributed by atoms with van der Waals surface area (Å²) >= 11 is 1.51. The normalized spacial score (nSPS) is 17.4. The molecule has 2 N–H and O–H groups in total. The number of hydrogen-bond donors (Lipinski definition) is 2. The minimum absolute atomic E-state index is 0.121. The molecule has 3 aromatic carbocycles. The van der Waals surface area contributed by atoms with Crippen LogP contribution in [0.2, 0.25) is 0 Å². The van der Waals surface area contributed by atoms with Crippen molar-refractivity contribution < 1.29 is 14.4 Å². The molecule has 0 radical (unpaired) electrons. The van der Waals surface area contributed by atoms with E-state index in [9.17, 15) is 14.4 Å². The van der Waals surface area contributed by atoms with Gasteiger partial charge < -0.3 is 20.1 Å². The SMILES string of the molecule is CN(C)C(=O)CN1C(=O)[C@H](NC(=O)c2cc3ccccc3[nH]2)[C@H](c2ccccc2)Sc2ccccc21. The Hall–Kier alpha value is -4.04.